The molecule has 5 atom stereocenters. The Kier molecular flexibility index (Phi) is 8.62. The van der Waals surface area contributed by atoms with Crippen LogP contribution in [0.25, 0.3) is 0 Å². The quantitative estimate of drug-likeness (QED) is 0.435. The largest absolute Gasteiger partial charge is 0.459 e. The van der Waals surface area contributed by atoms with Crippen LogP contribution in [0.3, 0.4) is 0 Å². The van der Waals surface area contributed by atoms with E-state index >= 15 is 0 Å². The fourth-order valence-electron chi connectivity index (χ4n) is 2.85. The Morgan fingerprint density at radius 1 is 1.36 bits per heavy atom. The minimum atomic E-state index is -0.425. The normalized spacial score (nSPS) is 28.4. The maximum absolute atomic E-state index is 12.1. The van der Waals surface area contributed by atoms with Crippen LogP contribution in [-0.4, -0.2) is 36.2 Å². The molecule has 0 radical (unpaired) electrons. The number of esters is 1. The zero-order valence-electron chi connectivity index (χ0n) is 16.0. The predicted octanol–water partition coefficient (Wildman–Crippen LogP) is 3.31. The minimum Gasteiger partial charge on any atom is -0.459 e. The summed E-state index contributed by atoms with van der Waals surface area (Å²) in [5.41, 5.74) is 1.14. The second kappa shape index (κ2) is 10.2. The average Bonchev–Trinajstić information content (AvgIpc) is 2.53. The number of carbonyl (C=O) groups is 2. The maximum atomic E-state index is 12.1. The molecule has 1 rings (SSSR count). The van der Waals surface area contributed by atoms with Gasteiger partial charge in [0.15, 0.2) is 0 Å². The van der Waals surface area contributed by atoms with Crippen molar-refractivity contribution in [1.82, 2.24) is 5.32 Å². The summed E-state index contributed by atoms with van der Waals surface area (Å²) in [7, 11) is 0. The van der Waals surface area contributed by atoms with E-state index in [0.717, 1.165) is 18.4 Å². The van der Waals surface area contributed by atoms with Gasteiger partial charge >= 0.3 is 5.97 Å². The summed E-state index contributed by atoms with van der Waals surface area (Å²) in [6, 6.07) is -0.0306. The lowest BCUT2D eigenvalue weighted by Gasteiger charge is -2.39. The molecule has 0 aromatic rings. The fraction of sp³-hybridized carbons (Fsp3) is 0.600. The van der Waals surface area contributed by atoms with Crippen molar-refractivity contribution in [3.8, 4) is 0 Å². The van der Waals surface area contributed by atoms with Crippen molar-refractivity contribution in [2.75, 3.05) is 0 Å². The van der Waals surface area contributed by atoms with E-state index in [-0.39, 0.29) is 30.1 Å². The van der Waals surface area contributed by atoms with Gasteiger partial charge in [0.1, 0.15) is 6.10 Å². The van der Waals surface area contributed by atoms with E-state index in [9.17, 15) is 9.59 Å². The van der Waals surface area contributed by atoms with Crippen LogP contribution in [0.5, 0.6) is 0 Å². The molecule has 0 spiro atoms. The van der Waals surface area contributed by atoms with Crippen LogP contribution in [-0.2, 0) is 19.1 Å². The van der Waals surface area contributed by atoms with Gasteiger partial charge < -0.3 is 14.8 Å². The number of nitrogens with one attached hydrogen (secondary N) is 1. The highest BCUT2D eigenvalue weighted by atomic mass is 16.5. The second-order valence-corrected chi connectivity index (χ2v) is 6.77. The van der Waals surface area contributed by atoms with E-state index < -0.39 is 6.10 Å². The Balaban J connectivity index is 2.53. The number of ether oxygens (including phenoxy) is 2. The van der Waals surface area contributed by atoms with Crippen molar-refractivity contribution in [2.45, 2.75) is 71.8 Å². The molecule has 0 bridgehead atoms. The first-order valence-electron chi connectivity index (χ1n) is 8.83. The van der Waals surface area contributed by atoms with Gasteiger partial charge in [0.2, 0.25) is 5.91 Å². The summed E-state index contributed by atoms with van der Waals surface area (Å²) < 4.78 is 11.1. The third-order valence-electron chi connectivity index (χ3n) is 4.41. The molecule has 0 aliphatic carbocycles. The Bertz CT molecular complexity index is 538. The summed E-state index contributed by atoms with van der Waals surface area (Å²) in [4.78, 5) is 22.9. The molecule has 1 aliphatic rings. The first-order valence-corrected chi connectivity index (χ1v) is 8.83. The predicted molar refractivity (Wildman–Crippen MR) is 99.0 cm³/mol. The molecular formula is C20H31NO4. The number of amides is 1. The first-order chi connectivity index (χ1) is 11.7. The lowest BCUT2D eigenvalue weighted by atomic mass is 9.88. The molecule has 1 fully saturated rings. The average molecular weight is 349 g/mol. The highest BCUT2D eigenvalue weighted by Crippen LogP contribution is 2.27. The molecule has 0 aromatic heterocycles. The van der Waals surface area contributed by atoms with E-state index in [2.05, 4.69) is 24.9 Å². The molecule has 5 heteroatoms. The summed E-state index contributed by atoms with van der Waals surface area (Å²) in [6.07, 6.45) is 8.34. The number of carbonyl (C=O) groups excluding carboxylic acids is 2. The van der Waals surface area contributed by atoms with Gasteiger partial charge in [0.05, 0.1) is 18.2 Å². The summed E-state index contributed by atoms with van der Waals surface area (Å²) >= 11 is 0. The van der Waals surface area contributed by atoms with Crippen molar-refractivity contribution in [3.05, 3.63) is 36.5 Å². The zero-order chi connectivity index (χ0) is 19.0. The van der Waals surface area contributed by atoms with Gasteiger partial charge in [-0.25, -0.2) is 0 Å². The molecule has 1 aliphatic heterocycles. The van der Waals surface area contributed by atoms with Crippen LogP contribution in [0.4, 0.5) is 0 Å². The number of allylic oxidation sites excluding steroid dienone is 2. The number of hydrogen-bond acceptors (Lipinski definition) is 4. The van der Waals surface area contributed by atoms with Gasteiger partial charge in [0.25, 0.3) is 0 Å². The monoisotopic (exact) mass is 349 g/mol. The molecule has 0 aromatic carbocycles. The van der Waals surface area contributed by atoms with E-state index in [1.54, 1.807) is 13.0 Å². The maximum Gasteiger partial charge on any atom is 0.303 e. The molecule has 0 saturated carbocycles. The van der Waals surface area contributed by atoms with Gasteiger partial charge in [-0.05, 0) is 45.6 Å². The van der Waals surface area contributed by atoms with Crippen LogP contribution in [0.1, 0.15) is 47.5 Å². The Morgan fingerprint density at radius 3 is 2.64 bits per heavy atom. The number of rotatable bonds is 7. The number of hydrogen-bond donors (Lipinski definition) is 1. The van der Waals surface area contributed by atoms with Crippen LogP contribution in [0.15, 0.2) is 36.5 Å². The van der Waals surface area contributed by atoms with Gasteiger partial charge in [-0.15, -0.1) is 0 Å². The van der Waals surface area contributed by atoms with Crippen molar-refractivity contribution in [3.63, 3.8) is 0 Å². The van der Waals surface area contributed by atoms with E-state index in [0.29, 0.717) is 5.92 Å². The molecule has 1 heterocycles. The lowest BCUT2D eigenvalue weighted by Crippen LogP contribution is -2.50. The van der Waals surface area contributed by atoms with Crippen LogP contribution in [0.2, 0.25) is 0 Å². The van der Waals surface area contributed by atoms with Crippen LogP contribution < -0.4 is 5.32 Å². The Labute approximate surface area is 151 Å². The Hall–Kier alpha value is -1.88. The van der Waals surface area contributed by atoms with E-state index in [1.807, 2.05) is 19.9 Å². The van der Waals surface area contributed by atoms with Crippen LogP contribution >= 0.6 is 0 Å². The summed E-state index contributed by atoms with van der Waals surface area (Å²) in [5.74, 6) is -0.223. The molecule has 1 N–H and O–H groups in total. The van der Waals surface area contributed by atoms with E-state index in [1.165, 1.54) is 13.0 Å². The summed E-state index contributed by atoms with van der Waals surface area (Å²) in [5, 5.41) is 2.98. The standard InChI is InChI=1S/C20H31NO4/c1-7-13(2)8-10-19-14(3)12-18(16(5)25-19)21-20(23)11-9-15(4)24-17(6)22/h7-9,11,14-16,18-19H,1,10,12H2,2-6H3,(H,21,23)/b11-9-,13-8+/t14-,15-,16?,18+,19-/m0/s1. The molecule has 5 nitrogen and oxygen atoms in total. The lowest BCUT2D eigenvalue weighted by molar-refractivity contribution is -0.143. The van der Waals surface area contributed by atoms with Crippen molar-refractivity contribution in [2.24, 2.45) is 5.92 Å². The van der Waals surface area contributed by atoms with E-state index in [4.69, 9.17) is 9.47 Å². The highest BCUT2D eigenvalue weighted by molar-refractivity contribution is 5.87. The highest BCUT2D eigenvalue weighted by Gasteiger charge is 2.33. The molecule has 25 heavy (non-hydrogen) atoms. The van der Waals surface area contributed by atoms with Gasteiger partial charge in [-0.2, -0.15) is 0 Å². The Morgan fingerprint density at radius 2 is 2.04 bits per heavy atom. The van der Waals surface area contributed by atoms with Crippen molar-refractivity contribution < 1.29 is 19.1 Å². The summed E-state index contributed by atoms with van der Waals surface area (Å²) in [6.45, 7) is 13.0. The molecule has 1 unspecified atom stereocenters. The van der Waals surface area contributed by atoms with Gasteiger partial charge in [0, 0.05) is 13.0 Å². The molecule has 140 valence electrons. The van der Waals surface area contributed by atoms with Crippen LogP contribution in [0, 0.1) is 5.92 Å². The van der Waals surface area contributed by atoms with Crippen molar-refractivity contribution >= 4 is 11.9 Å². The molecular weight excluding hydrogens is 318 g/mol. The topological polar surface area (TPSA) is 64.6 Å². The second-order valence-electron chi connectivity index (χ2n) is 6.77. The van der Waals surface area contributed by atoms with Crippen molar-refractivity contribution in [1.29, 1.82) is 0 Å². The molecule has 1 amide bonds. The molecule has 1 saturated heterocycles. The van der Waals surface area contributed by atoms with Gasteiger partial charge in [-0.1, -0.05) is 31.2 Å². The first kappa shape index (κ1) is 21.2. The fourth-order valence-corrected chi connectivity index (χ4v) is 2.85. The van der Waals surface area contributed by atoms with Gasteiger partial charge in [-0.3, -0.25) is 9.59 Å². The smallest absolute Gasteiger partial charge is 0.303 e. The zero-order valence-corrected chi connectivity index (χ0v) is 16.0. The third-order valence-corrected chi connectivity index (χ3v) is 4.41. The third kappa shape index (κ3) is 7.69. The SMILES string of the molecule is C=C/C(C)=C/C[C@@H]1OC(C)[C@H](NC(=O)/C=C\[C@H](C)OC(C)=O)C[C@@H]1C. The minimum absolute atomic E-state index is 0.0306.